The number of nitrogens with zero attached hydrogens (tertiary/aromatic N) is 2. The quantitative estimate of drug-likeness (QED) is 0.859. The second kappa shape index (κ2) is 5.01. The summed E-state index contributed by atoms with van der Waals surface area (Å²) in [5, 5.41) is 0. The van der Waals surface area contributed by atoms with Gasteiger partial charge in [0.25, 0.3) is 0 Å². The van der Waals surface area contributed by atoms with Crippen molar-refractivity contribution in [1.29, 1.82) is 0 Å². The van der Waals surface area contributed by atoms with Crippen LogP contribution in [0.2, 0.25) is 0 Å². The Balaban J connectivity index is 1.90. The van der Waals surface area contributed by atoms with Gasteiger partial charge in [-0.05, 0) is 30.0 Å². The van der Waals surface area contributed by atoms with Crippen LogP contribution in [-0.2, 0) is 6.42 Å². The van der Waals surface area contributed by atoms with Crippen LogP contribution in [0.4, 0.5) is 10.3 Å². The lowest BCUT2D eigenvalue weighted by molar-refractivity contribution is 0.250. The molecular weight excluding hydrogens is 289 g/mol. The fraction of sp³-hybridized carbons (Fsp3) is 0.263. The van der Waals surface area contributed by atoms with E-state index >= 15 is 0 Å². The van der Waals surface area contributed by atoms with Crippen LogP contribution in [0.25, 0.3) is 11.3 Å². The molecule has 0 radical (unpaired) electrons. The summed E-state index contributed by atoms with van der Waals surface area (Å²) in [5.41, 5.74) is 9.32. The van der Waals surface area contributed by atoms with Gasteiger partial charge < -0.3 is 5.73 Å². The van der Waals surface area contributed by atoms with Crippen molar-refractivity contribution in [3.05, 3.63) is 65.6 Å². The first kappa shape index (κ1) is 14.1. The van der Waals surface area contributed by atoms with Gasteiger partial charge in [0.05, 0.1) is 5.69 Å². The fourth-order valence-corrected chi connectivity index (χ4v) is 3.78. The maximum absolute atomic E-state index is 14.7. The van der Waals surface area contributed by atoms with Crippen molar-refractivity contribution in [2.45, 2.75) is 25.7 Å². The molecule has 4 heteroatoms. The minimum absolute atomic E-state index is 0.0552. The third-order valence-electron chi connectivity index (χ3n) is 5.13. The number of nitrogen functional groups attached to an aromatic ring is 1. The SMILES string of the molecule is CC1(C2Cc3cnc(N)nc3-c3ccccc32)CC=CC=C1F. The van der Waals surface area contributed by atoms with E-state index in [1.165, 1.54) is 0 Å². The summed E-state index contributed by atoms with van der Waals surface area (Å²) < 4.78 is 14.7. The topological polar surface area (TPSA) is 51.8 Å². The second-order valence-electron chi connectivity index (χ2n) is 6.51. The number of hydrogen-bond donors (Lipinski definition) is 1. The minimum atomic E-state index is -0.538. The molecule has 0 spiro atoms. The van der Waals surface area contributed by atoms with Gasteiger partial charge in [0, 0.05) is 23.1 Å². The maximum Gasteiger partial charge on any atom is 0.220 e. The number of halogens is 1. The standard InChI is InChI=1S/C19H18FN3/c1-19(9-5-4-8-16(19)20)15-10-12-11-22-18(21)23-17(12)14-7-3-2-6-13(14)15/h2-8,11,15H,9-10H2,1H3,(H2,21,22,23). The van der Waals surface area contributed by atoms with Gasteiger partial charge in [-0.1, -0.05) is 43.3 Å². The van der Waals surface area contributed by atoms with E-state index in [1.54, 1.807) is 18.3 Å². The molecule has 0 bridgehead atoms. The minimum Gasteiger partial charge on any atom is -0.368 e. The Hall–Kier alpha value is -2.49. The Morgan fingerprint density at radius 2 is 2.13 bits per heavy atom. The van der Waals surface area contributed by atoms with Crippen molar-refractivity contribution in [3.8, 4) is 11.3 Å². The molecule has 0 aliphatic heterocycles. The Bertz CT molecular complexity index is 840. The predicted octanol–water partition coefficient (Wildman–Crippen LogP) is 4.19. The van der Waals surface area contributed by atoms with Gasteiger partial charge in [0.2, 0.25) is 5.95 Å². The van der Waals surface area contributed by atoms with Crippen LogP contribution in [0.3, 0.4) is 0 Å². The highest BCUT2D eigenvalue weighted by molar-refractivity contribution is 5.71. The molecule has 3 nitrogen and oxygen atoms in total. The lowest BCUT2D eigenvalue weighted by atomic mass is 9.64. The molecule has 4 rings (SSSR count). The van der Waals surface area contributed by atoms with Gasteiger partial charge in [-0.25, -0.2) is 14.4 Å². The van der Waals surface area contributed by atoms with E-state index in [2.05, 4.69) is 16.0 Å². The molecule has 0 saturated heterocycles. The smallest absolute Gasteiger partial charge is 0.220 e. The number of benzene rings is 1. The summed E-state index contributed by atoms with van der Waals surface area (Å²) in [7, 11) is 0. The van der Waals surface area contributed by atoms with Gasteiger partial charge >= 0.3 is 0 Å². The zero-order valence-corrected chi connectivity index (χ0v) is 13.0. The first-order chi connectivity index (χ1) is 11.1. The molecule has 2 N–H and O–H groups in total. The number of aromatic nitrogens is 2. The van der Waals surface area contributed by atoms with Crippen LogP contribution in [0, 0.1) is 5.41 Å². The zero-order valence-electron chi connectivity index (χ0n) is 13.0. The number of anilines is 1. The van der Waals surface area contributed by atoms with E-state index in [0.717, 1.165) is 28.8 Å². The van der Waals surface area contributed by atoms with E-state index in [9.17, 15) is 4.39 Å². The van der Waals surface area contributed by atoms with E-state index in [1.807, 2.05) is 31.2 Å². The van der Waals surface area contributed by atoms with Crippen LogP contribution >= 0.6 is 0 Å². The number of rotatable bonds is 1. The molecule has 1 aromatic carbocycles. The van der Waals surface area contributed by atoms with Gasteiger partial charge in [0.15, 0.2) is 0 Å². The van der Waals surface area contributed by atoms with Crippen LogP contribution in [0.15, 0.2) is 54.5 Å². The molecule has 1 aromatic heterocycles. The summed E-state index contributed by atoms with van der Waals surface area (Å²) in [4.78, 5) is 8.55. The Morgan fingerprint density at radius 1 is 1.30 bits per heavy atom. The molecule has 2 aliphatic carbocycles. The number of fused-ring (bicyclic) bond motifs is 3. The Labute approximate surface area is 134 Å². The second-order valence-corrected chi connectivity index (χ2v) is 6.51. The third-order valence-corrected chi connectivity index (χ3v) is 5.13. The van der Waals surface area contributed by atoms with Crippen molar-refractivity contribution in [2.24, 2.45) is 5.41 Å². The largest absolute Gasteiger partial charge is 0.368 e. The lowest BCUT2D eigenvalue weighted by Crippen LogP contribution is -2.31. The monoisotopic (exact) mass is 307 g/mol. The van der Waals surface area contributed by atoms with E-state index in [0.29, 0.717) is 6.42 Å². The maximum atomic E-state index is 14.7. The third kappa shape index (κ3) is 2.09. The van der Waals surface area contributed by atoms with Gasteiger partial charge in [0.1, 0.15) is 5.83 Å². The molecule has 2 unspecified atom stereocenters. The predicted molar refractivity (Wildman–Crippen MR) is 89.4 cm³/mol. The zero-order chi connectivity index (χ0) is 16.0. The molecule has 0 saturated carbocycles. The molecule has 0 amide bonds. The van der Waals surface area contributed by atoms with Crippen LogP contribution in [-0.4, -0.2) is 9.97 Å². The van der Waals surface area contributed by atoms with Gasteiger partial charge in [-0.15, -0.1) is 0 Å². The summed E-state index contributed by atoms with van der Waals surface area (Å²) in [6.07, 6.45) is 8.62. The molecule has 1 heterocycles. The number of allylic oxidation sites excluding steroid dienone is 4. The highest BCUT2D eigenvalue weighted by Gasteiger charge is 2.42. The summed E-state index contributed by atoms with van der Waals surface area (Å²) >= 11 is 0. The van der Waals surface area contributed by atoms with E-state index in [4.69, 9.17) is 5.73 Å². The number of hydrogen-bond acceptors (Lipinski definition) is 3. The van der Waals surface area contributed by atoms with Crippen molar-refractivity contribution in [3.63, 3.8) is 0 Å². The molecule has 0 fully saturated rings. The lowest BCUT2D eigenvalue weighted by Gasteiger charge is -2.40. The first-order valence-corrected chi connectivity index (χ1v) is 7.83. The van der Waals surface area contributed by atoms with E-state index < -0.39 is 5.41 Å². The van der Waals surface area contributed by atoms with Crippen molar-refractivity contribution < 1.29 is 4.39 Å². The number of nitrogens with two attached hydrogens (primary N) is 1. The van der Waals surface area contributed by atoms with Crippen LogP contribution in [0.1, 0.15) is 30.4 Å². The summed E-state index contributed by atoms with van der Waals surface area (Å²) in [5.74, 6) is 0.272. The fourth-order valence-electron chi connectivity index (χ4n) is 3.78. The highest BCUT2D eigenvalue weighted by Crippen LogP contribution is 2.53. The molecule has 116 valence electrons. The summed E-state index contributed by atoms with van der Waals surface area (Å²) in [6, 6.07) is 8.11. The van der Waals surface area contributed by atoms with Gasteiger partial charge in [-0.2, -0.15) is 0 Å². The van der Waals surface area contributed by atoms with Crippen molar-refractivity contribution in [1.82, 2.24) is 9.97 Å². The normalized spacial score (nSPS) is 25.5. The molecule has 23 heavy (non-hydrogen) atoms. The average Bonchev–Trinajstić information content (AvgIpc) is 2.57. The molecule has 2 atom stereocenters. The van der Waals surface area contributed by atoms with E-state index in [-0.39, 0.29) is 17.7 Å². The molecule has 2 aromatic rings. The molecular formula is C19H18FN3. The molecule has 2 aliphatic rings. The average molecular weight is 307 g/mol. The summed E-state index contributed by atoms with van der Waals surface area (Å²) in [6.45, 7) is 2.01. The Morgan fingerprint density at radius 3 is 2.96 bits per heavy atom. The van der Waals surface area contributed by atoms with Gasteiger partial charge in [-0.3, -0.25) is 0 Å². The van der Waals surface area contributed by atoms with Crippen molar-refractivity contribution in [2.75, 3.05) is 5.73 Å². The highest BCUT2D eigenvalue weighted by atomic mass is 19.1. The first-order valence-electron chi connectivity index (χ1n) is 7.83. The van der Waals surface area contributed by atoms with Crippen LogP contribution < -0.4 is 5.73 Å². The Kier molecular flexibility index (Phi) is 3.08. The van der Waals surface area contributed by atoms with Crippen LogP contribution in [0.5, 0.6) is 0 Å². The van der Waals surface area contributed by atoms with Crippen molar-refractivity contribution >= 4 is 5.95 Å².